The summed E-state index contributed by atoms with van der Waals surface area (Å²) < 4.78 is 5.75. The number of nitrogen functional groups attached to an aromatic ring is 1. The molecule has 0 aliphatic heterocycles. The van der Waals surface area contributed by atoms with E-state index in [-0.39, 0.29) is 5.84 Å². The molecule has 2 aromatic heterocycles. The lowest BCUT2D eigenvalue weighted by atomic mass is 10.1. The van der Waals surface area contributed by atoms with Crippen molar-refractivity contribution in [2.75, 3.05) is 0 Å². The standard InChI is InChI=1S/C15H12ClN5O/c16-9-3-8(10-5-12(14(17)18)20-6-19-10)4-11-13(9)22-15(21-11)7-1-2-7/h3-7H,1-2H2,(H3,17,18). The van der Waals surface area contributed by atoms with Gasteiger partial charge in [-0.1, -0.05) is 11.6 Å². The number of nitrogens with zero attached hydrogens (tertiary/aromatic N) is 3. The Balaban J connectivity index is 1.84. The molecule has 0 spiro atoms. The van der Waals surface area contributed by atoms with Gasteiger partial charge in [-0.2, -0.15) is 0 Å². The second-order valence-corrected chi connectivity index (χ2v) is 5.74. The Labute approximate surface area is 130 Å². The molecule has 1 fully saturated rings. The summed E-state index contributed by atoms with van der Waals surface area (Å²) in [5, 5.41) is 7.95. The van der Waals surface area contributed by atoms with E-state index < -0.39 is 0 Å². The van der Waals surface area contributed by atoms with Crippen molar-refractivity contribution in [2.24, 2.45) is 5.73 Å². The third-order valence-electron chi connectivity index (χ3n) is 3.63. The first-order chi connectivity index (χ1) is 10.6. The van der Waals surface area contributed by atoms with Gasteiger partial charge in [-0.25, -0.2) is 15.0 Å². The second-order valence-electron chi connectivity index (χ2n) is 5.33. The molecule has 7 heteroatoms. The Morgan fingerprint density at radius 3 is 2.82 bits per heavy atom. The van der Waals surface area contributed by atoms with Gasteiger partial charge in [0.05, 0.1) is 10.7 Å². The van der Waals surface area contributed by atoms with Gasteiger partial charge in [-0.05, 0) is 31.0 Å². The molecule has 0 unspecified atom stereocenters. The van der Waals surface area contributed by atoms with Gasteiger partial charge in [0.25, 0.3) is 0 Å². The molecule has 2 heterocycles. The van der Waals surface area contributed by atoms with Gasteiger partial charge in [0.2, 0.25) is 0 Å². The van der Waals surface area contributed by atoms with Crippen LogP contribution in [-0.2, 0) is 0 Å². The highest BCUT2D eigenvalue weighted by molar-refractivity contribution is 6.35. The lowest BCUT2D eigenvalue weighted by Crippen LogP contribution is -2.13. The molecule has 0 saturated heterocycles. The van der Waals surface area contributed by atoms with Gasteiger partial charge in [0.1, 0.15) is 23.4 Å². The minimum Gasteiger partial charge on any atom is -0.439 e. The molecule has 1 aromatic carbocycles. The monoisotopic (exact) mass is 313 g/mol. The molecule has 0 radical (unpaired) electrons. The highest BCUT2D eigenvalue weighted by Crippen LogP contribution is 2.42. The molecule has 0 amide bonds. The van der Waals surface area contributed by atoms with E-state index in [1.165, 1.54) is 6.33 Å². The highest BCUT2D eigenvalue weighted by Gasteiger charge is 2.29. The minimum atomic E-state index is -0.103. The molecular weight excluding hydrogens is 302 g/mol. The first kappa shape index (κ1) is 13.2. The number of nitrogens with one attached hydrogen (secondary N) is 1. The molecule has 6 nitrogen and oxygen atoms in total. The van der Waals surface area contributed by atoms with E-state index in [1.807, 2.05) is 6.07 Å². The smallest absolute Gasteiger partial charge is 0.198 e. The lowest BCUT2D eigenvalue weighted by Gasteiger charge is -2.03. The lowest BCUT2D eigenvalue weighted by molar-refractivity contribution is 0.533. The normalized spacial score (nSPS) is 14.4. The first-order valence-corrected chi connectivity index (χ1v) is 7.26. The largest absolute Gasteiger partial charge is 0.439 e. The van der Waals surface area contributed by atoms with Crippen molar-refractivity contribution in [1.29, 1.82) is 5.41 Å². The topological polar surface area (TPSA) is 102 Å². The van der Waals surface area contributed by atoms with E-state index in [0.717, 1.165) is 24.3 Å². The number of aromatic nitrogens is 3. The maximum Gasteiger partial charge on any atom is 0.198 e. The third-order valence-corrected chi connectivity index (χ3v) is 3.91. The van der Waals surface area contributed by atoms with Gasteiger partial charge in [-0.15, -0.1) is 0 Å². The fourth-order valence-corrected chi connectivity index (χ4v) is 2.58. The number of hydrogen-bond donors (Lipinski definition) is 2. The first-order valence-electron chi connectivity index (χ1n) is 6.88. The molecule has 3 aromatic rings. The molecular formula is C15H12ClN5O. The van der Waals surface area contributed by atoms with Gasteiger partial charge < -0.3 is 10.2 Å². The fourth-order valence-electron chi connectivity index (χ4n) is 2.32. The van der Waals surface area contributed by atoms with E-state index in [0.29, 0.717) is 33.4 Å². The summed E-state index contributed by atoms with van der Waals surface area (Å²) in [6, 6.07) is 5.31. The summed E-state index contributed by atoms with van der Waals surface area (Å²) >= 11 is 6.31. The Bertz CT molecular complexity index is 900. The molecule has 1 saturated carbocycles. The summed E-state index contributed by atoms with van der Waals surface area (Å²) in [5.41, 5.74) is 8.59. The fraction of sp³-hybridized carbons (Fsp3) is 0.200. The van der Waals surface area contributed by atoms with E-state index in [1.54, 1.807) is 12.1 Å². The van der Waals surface area contributed by atoms with Crippen LogP contribution in [0.3, 0.4) is 0 Å². The molecule has 0 atom stereocenters. The molecule has 3 N–H and O–H groups in total. The summed E-state index contributed by atoms with van der Waals surface area (Å²) in [5.74, 6) is 1.07. The van der Waals surface area contributed by atoms with Crippen LogP contribution in [0.5, 0.6) is 0 Å². The maximum atomic E-state index is 7.46. The van der Waals surface area contributed by atoms with Crippen molar-refractivity contribution < 1.29 is 4.42 Å². The average Bonchev–Trinajstić information content (AvgIpc) is 3.27. The maximum absolute atomic E-state index is 7.46. The predicted molar refractivity (Wildman–Crippen MR) is 83.0 cm³/mol. The number of amidine groups is 1. The third kappa shape index (κ3) is 2.21. The zero-order valence-corrected chi connectivity index (χ0v) is 12.3. The van der Waals surface area contributed by atoms with Crippen molar-refractivity contribution in [3.63, 3.8) is 0 Å². The van der Waals surface area contributed by atoms with E-state index in [9.17, 15) is 0 Å². The van der Waals surface area contributed by atoms with Crippen LogP contribution in [0.2, 0.25) is 5.02 Å². The van der Waals surface area contributed by atoms with Crippen LogP contribution in [0.15, 0.2) is 28.9 Å². The van der Waals surface area contributed by atoms with Crippen LogP contribution < -0.4 is 5.73 Å². The molecule has 4 rings (SSSR count). The number of fused-ring (bicyclic) bond motifs is 1. The zero-order valence-electron chi connectivity index (χ0n) is 11.5. The van der Waals surface area contributed by atoms with Gasteiger partial charge in [0, 0.05) is 11.5 Å². The van der Waals surface area contributed by atoms with Gasteiger partial charge >= 0.3 is 0 Å². The zero-order chi connectivity index (χ0) is 15.3. The number of halogens is 1. The van der Waals surface area contributed by atoms with Crippen LogP contribution in [0.4, 0.5) is 0 Å². The number of nitrogens with two attached hydrogens (primary N) is 1. The summed E-state index contributed by atoms with van der Waals surface area (Å²) in [6.45, 7) is 0. The number of rotatable bonds is 3. The molecule has 110 valence electrons. The number of oxazole rings is 1. The van der Waals surface area contributed by atoms with E-state index in [2.05, 4.69) is 15.0 Å². The van der Waals surface area contributed by atoms with Crippen molar-refractivity contribution in [3.8, 4) is 11.3 Å². The average molecular weight is 314 g/mol. The van der Waals surface area contributed by atoms with Crippen molar-refractivity contribution in [2.45, 2.75) is 18.8 Å². The highest BCUT2D eigenvalue weighted by atomic mass is 35.5. The second kappa shape index (κ2) is 4.78. The van der Waals surface area contributed by atoms with Crippen molar-refractivity contribution in [3.05, 3.63) is 41.1 Å². The SMILES string of the molecule is N=C(N)c1cc(-c2cc(Cl)c3oc(C4CC4)nc3c2)ncn1. The minimum absolute atomic E-state index is 0.103. The Morgan fingerprint density at radius 2 is 2.09 bits per heavy atom. The van der Waals surface area contributed by atoms with Crippen LogP contribution >= 0.6 is 11.6 Å². The van der Waals surface area contributed by atoms with E-state index >= 15 is 0 Å². The number of benzene rings is 1. The summed E-state index contributed by atoms with van der Waals surface area (Å²) in [7, 11) is 0. The Kier molecular flexibility index (Phi) is 2.87. The van der Waals surface area contributed by atoms with Crippen LogP contribution in [0.1, 0.15) is 30.3 Å². The summed E-state index contributed by atoms with van der Waals surface area (Å²) in [4.78, 5) is 12.7. The molecule has 1 aliphatic rings. The Hall–Kier alpha value is -2.47. The molecule has 1 aliphatic carbocycles. The van der Waals surface area contributed by atoms with Crippen molar-refractivity contribution >= 4 is 28.5 Å². The van der Waals surface area contributed by atoms with Crippen molar-refractivity contribution in [1.82, 2.24) is 15.0 Å². The quantitative estimate of drug-likeness (QED) is 0.571. The molecule has 0 bridgehead atoms. The van der Waals surface area contributed by atoms with Gasteiger partial charge in [0.15, 0.2) is 11.5 Å². The van der Waals surface area contributed by atoms with Crippen LogP contribution in [-0.4, -0.2) is 20.8 Å². The van der Waals surface area contributed by atoms with Gasteiger partial charge in [-0.3, -0.25) is 5.41 Å². The Morgan fingerprint density at radius 1 is 1.27 bits per heavy atom. The van der Waals surface area contributed by atoms with E-state index in [4.69, 9.17) is 27.2 Å². The van der Waals surface area contributed by atoms with Crippen LogP contribution in [0.25, 0.3) is 22.4 Å². The van der Waals surface area contributed by atoms with Crippen LogP contribution in [0, 0.1) is 5.41 Å². The number of hydrogen-bond acceptors (Lipinski definition) is 5. The summed E-state index contributed by atoms with van der Waals surface area (Å²) in [6.07, 6.45) is 3.61. The molecule has 22 heavy (non-hydrogen) atoms. The predicted octanol–water partition coefficient (Wildman–Crippen LogP) is 3.10.